The molecule has 43 heavy (non-hydrogen) atoms. The molecule has 0 radical (unpaired) electrons. The van der Waals surface area contributed by atoms with Crippen LogP contribution in [-0.2, 0) is 25.5 Å². The van der Waals surface area contributed by atoms with Crippen LogP contribution in [0, 0.1) is 11.3 Å². The third-order valence-corrected chi connectivity index (χ3v) is 7.89. The Kier molecular flexibility index (Phi) is 9.21. The van der Waals surface area contributed by atoms with Gasteiger partial charge in [0.15, 0.2) is 12.0 Å². The Hall–Kier alpha value is -3.53. The molecule has 9 nitrogen and oxygen atoms in total. The van der Waals surface area contributed by atoms with Crippen molar-refractivity contribution in [1.82, 2.24) is 20.4 Å². The number of aliphatic hydroxyl groups is 1. The highest BCUT2D eigenvalue weighted by Gasteiger charge is 2.56. The minimum absolute atomic E-state index is 0.188. The lowest BCUT2D eigenvalue weighted by molar-refractivity contribution is -0.173. The predicted molar refractivity (Wildman–Crippen MR) is 166 cm³/mol. The van der Waals surface area contributed by atoms with Crippen LogP contribution in [0.2, 0.25) is 0 Å². The van der Waals surface area contributed by atoms with E-state index >= 15 is 0 Å². The molecule has 2 aromatic rings. The monoisotopic (exact) mass is 590 g/mol. The molecule has 232 valence electrons. The maximum Gasteiger partial charge on any atom is 0.250 e. The van der Waals surface area contributed by atoms with Gasteiger partial charge in [0, 0.05) is 24.1 Å². The highest BCUT2D eigenvalue weighted by molar-refractivity contribution is 5.98. The number of hydrogen-bond acceptors (Lipinski definition) is 6. The van der Waals surface area contributed by atoms with Crippen LogP contribution in [0.3, 0.4) is 0 Å². The summed E-state index contributed by atoms with van der Waals surface area (Å²) in [6, 6.07) is 17.0. The summed E-state index contributed by atoms with van der Waals surface area (Å²) in [7, 11) is 0. The van der Waals surface area contributed by atoms with E-state index in [4.69, 9.17) is 4.74 Å². The Morgan fingerprint density at radius 1 is 1.07 bits per heavy atom. The fraction of sp³-hybridized carbons (Fsp3) is 0.500. The quantitative estimate of drug-likeness (QED) is 0.403. The lowest BCUT2D eigenvalue weighted by Crippen LogP contribution is -2.73. The number of ether oxygens (including phenoxy) is 1. The van der Waals surface area contributed by atoms with Gasteiger partial charge in [0.25, 0.3) is 5.91 Å². The molecule has 3 amide bonds. The van der Waals surface area contributed by atoms with E-state index < -0.39 is 40.9 Å². The molecule has 3 unspecified atom stereocenters. The Morgan fingerprint density at radius 3 is 2.14 bits per heavy atom. The van der Waals surface area contributed by atoms with Crippen LogP contribution in [0.4, 0.5) is 0 Å². The summed E-state index contributed by atoms with van der Waals surface area (Å²) in [6.07, 6.45) is 0.887. The molecule has 0 aliphatic carbocycles. The summed E-state index contributed by atoms with van der Waals surface area (Å²) in [6.45, 7) is 14.8. The SMILES string of the molecule is CC(=O)NC(O)(C1NC(C)(C)CO1)[C@H](Cc1ccccc1)N1C(=O)C(C(C)C)N(C(=O)C(C)(C)C)C=C1c1ccccc1. The summed E-state index contributed by atoms with van der Waals surface area (Å²) in [5.41, 5.74) is -1.31. The van der Waals surface area contributed by atoms with Crippen LogP contribution in [0.1, 0.15) is 66.5 Å². The fourth-order valence-corrected chi connectivity index (χ4v) is 5.83. The van der Waals surface area contributed by atoms with E-state index in [9.17, 15) is 19.5 Å². The van der Waals surface area contributed by atoms with E-state index in [0.29, 0.717) is 11.3 Å². The number of nitrogens with zero attached hydrogens (tertiary/aromatic N) is 2. The van der Waals surface area contributed by atoms with Crippen molar-refractivity contribution in [3.63, 3.8) is 0 Å². The van der Waals surface area contributed by atoms with Crippen molar-refractivity contribution in [2.24, 2.45) is 11.3 Å². The topological polar surface area (TPSA) is 111 Å². The second kappa shape index (κ2) is 12.2. The van der Waals surface area contributed by atoms with Crippen molar-refractivity contribution in [3.8, 4) is 0 Å². The van der Waals surface area contributed by atoms with E-state index in [-0.39, 0.29) is 30.8 Å². The normalized spacial score (nSPS) is 22.7. The molecule has 0 bridgehead atoms. The van der Waals surface area contributed by atoms with Gasteiger partial charge >= 0.3 is 0 Å². The van der Waals surface area contributed by atoms with Gasteiger partial charge in [-0.3, -0.25) is 19.7 Å². The van der Waals surface area contributed by atoms with Crippen molar-refractivity contribution in [3.05, 3.63) is 78.0 Å². The summed E-state index contributed by atoms with van der Waals surface area (Å²) >= 11 is 0. The van der Waals surface area contributed by atoms with Crippen LogP contribution in [0.5, 0.6) is 0 Å². The minimum Gasteiger partial charge on any atom is -0.366 e. The third kappa shape index (κ3) is 6.84. The molecule has 3 N–H and O–H groups in total. The number of nitrogens with one attached hydrogen (secondary N) is 2. The number of carbonyl (C=O) groups excluding carboxylic acids is 3. The Morgan fingerprint density at radius 2 is 1.65 bits per heavy atom. The molecule has 2 aliphatic rings. The third-order valence-electron chi connectivity index (χ3n) is 7.89. The molecule has 1 saturated heterocycles. The molecule has 9 heteroatoms. The number of benzene rings is 2. The molecule has 0 saturated carbocycles. The lowest BCUT2D eigenvalue weighted by atomic mass is 9.86. The molecule has 0 spiro atoms. The smallest absolute Gasteiger partial charge is 0.250 e. The Balaban J connectivity index is 2.00. The molecule has 2 aromatic carbocycles. The van der Waals surface area contributed by atoms with Gasteiger partial charge < -0.3 is 25.0 Å². The van der Waals surface area contributed by atoms with Gasteiger partial charge in [-0.25, -0.2) is 0 Å². The van der Waals surface area contributed by atoms with Crippen molar-refractivity contribution < 1.29 is 24.2 Å². The second-order valence-electron chi connectivity index (χ2n) is 13.7. The highest BCUT2D eigenvalue weighted by Crippen LogP contribution is 2.39. The Labute approximate surface area is 255 Å². The predicted octanol–water partition coefficient (Wildman–Crippen LogP) is 3.89. The molecule has 1 fully saturated rings. The van der Waals surface area contributed by atoms with Crippen LogP contribution in [0.25, 0.3) is 5.70 Å². The fourth-order valence-electron chi connectivity index (χ4n) is 5.83. The van der Waals surface area contributed by atoms with Gasteiger partial charge in [-0.05, 0) is 37.3 Å². The average Bonchev–Trinajstić information content (AvgIpc) is 3.31. The molecule has 2 aliphatic heterocycles. The first-order valence-corrected chi connectivity index (χ1v) is 14.9. The number of rotatable bonds is 8. The molecular weight excluding hydrogens is 544 g/mol. The van der Waals surface area contributed by atoms with Gasteiger partial charge in [-0.15, -0.1) is 0 Å². The first-order valence-electron chi connectivity index (χ1n) is 14.9. The summed E-state index contributed by atoms with van der Waals surface area (Å²) in [4.78, 5) is 44.6. The second-order valence-corrected chi connectivity index (χ2v) is 13.7. The zero-order valence-corrected chi connectivity index (χ0v) is 26.5. The van der Waals surface area contributed by atoms with Gasteiger partial charge in [-0.1, -0.05) is 95.3 Å². The van der Waals surface area contributed by atoms with Crippen molar-refractivity contribution in [1.29, 1.82) is 0 Å². The van der Waals surface area contributed by atoms with Crippen LogP contribution >= 0.6 is 0 Å². The van der Waals surface area contributed by atoms with Crippen molar-refractivity contribution in [2.45, 2.75) is 91.4 Å². The van der Waals surface area contributed by atoms with Gasteiger partial charge in [-0.2, -0.15) is 0 Å². The van der Waals surface area contributed by atoms with Gasteiger partial charge in [0.05, 0.1) is 18.3 Å². The number of hydrogen-bond donors (Lipinski definition) is 3. The zero-order chi connectivity index (χ0) is 31.7. The van der Waals surface area contributed by atoms with Crippen molar-refractivity contribution in [2.75, 3.05) is 6.61 Å². The maximum atomic E-state index is 14.9. The maximum absolute atomic E-state index is 14.9. The summed E-state index contributed by atoms with van der Waals surface area (Å²) in [5, 5.41) is 18.8. The molecular formula is C34H46N4O5. The number of amides is 3. The molecule has 4 rings (SSSR count). The van der Waals surface area contributed by atoms with E-state index in [0.717, 1.165) is 5.56 Å². The van der Waals surface area contributed by atoms with Gasteiger partial charge in [0.1, 0.15) is 6.04 Å². The first kappa shape index (κ1) is 32.4. The number of carbonyl (C=O) groups is 3. The lowest BCUT2D eigenvalue weighted by Gasteiger charge is -2.50. The highest BCUT2D eigenvalue weighted by atomic mass is 16.5. The van der Waals surface area contributed by atoms with Crippen LogP contribution in [-0.4, -0.2) is 68.8 Å². The molecule has 2 heterocycles. The zero-order valence-electron chi connectivity index (χ0n) is 26.5. The largest absolute Gasteiger partial charge is 0.366 e. The summed E-state index contributed by atoms with van der Waals surface area (Å²) < 4.78 is 6.10. The van der Waals surface area contributed by atoms with E-state index in [2.05, 4.69) is 10.6 Å². The molecule has 0 aromatic heterocycles. The molecule has 4 atom stereocenters. The summed E-state index contributed by atoms with van der Waals surface area (Å²) in [5.74, 6) is -1.26. The average molecular weight is 591 g/mol. The van der Waals surface area contributed by atoms with E-state index in [1.807, 2.05) is 109 Å². The Bertz CT molecular complexity index is 1350. The van der Waals surface area contributed by atoms with E-state index in [1.54, 1.807) is 16.0 Å². The standard InChI is InChI=1S/C34H46N4O5/c1-22(2)28-29(40)38(26(25-17-13-10-14-18-25)20-37(28)31(41)32(4,5)6)27(19-24-15-11-9-12-16-24)34(42,35-23(3)39)30-36-33(7,8)21-43-30/h9-18,20,22,27-28,30,36,42H,19,21H2,1-8H3,(H,35,39)/t27-,28?,30?,34?/m0/s1. The van der Waals surface area contributed by atoms with Gasteiger partial charge in [0.2, 0.25) is 11.8 Å². The first-order chi connectivity index (χ1) is 20.0. The van der Waals surface area contributed by atoms with Crippen LogP contribution in [0.15, 0.2) is 66.9 Å². The van der Waals surface area contributed by atoms with E-state index in [1.165, 1.54) is 6.92 Å². The van der Waals surface area contributed by atoms with Crippen molar-refractivity contribution >= 4 is 23.4 Å². The minimum atomic E-state index is -2.06. The van der Waals surface area contributed by atoms with Crippen LogP contribution < -0.4 is 10.6 Å².